The quantitative estimate of drug-likeness (QED) is 0.786. The highest BCUT2D eigenvalue weighted by Gasteiger charge is 2.10. The van der Waals surface area contributed by atoms with Crippen LogP contribution in [0, 0.1) is 18.3 Å². The Labute approximate surface area is 101 Å². The summed E-state index contributed by atoms with van der Waals surface area (Å²) in [5.74, 6) is 0. The van der Waals surface area contributed by atoms with Crippen LogP contribution in [0.4, 0.5) is 0 Å². The maximum Gasteiger partial charge on any atom is 0.0991 e. The van der Waals surface area contributed by atoms with Crippen LogP contribution in [-0.4, -0.2) is 9.78 Å². The van der Waals surface area contributed by atoms with Crippen molar-refractivity contribution in [2.45, 2.75) is 26.8 Å². The van der Waals surface area contributed by atoms with Gasteiger partial charge in [0.25, 0.3) is 0 Å². The Bertz CT molecular complexity index is 573. The van der Waals surface area contributed by atoms with Gasteiger partial charge in [-0.1, -0.05) is 6.07 Å². The maximum absolute atomic E-state index is 8.86. The Hall–Kier alpha value is -2.08. The molecule has 0 atom stereocenters. The Balaban J connectivity index is 2.54. The number of hydrogen-bond donors (Lipinski definition) is 0. The Morgan fingerprint density at radius 3 is 2.65 bits per heavy atom. The molecular weight excluding hydrogens is 210 g/mol. The Morgan fingerprint density at radius 1 is 1.29 bits per heavy atom. The van der Waals surface area contributed by atoms with E-state index in [1.165, 1.54) is 0 Å². The summed E-state index contributed by atoms with van der Waals surface area (Å²) in [4.78, 5) is 0. The van der Waals surface area contributed by atoms with Crippen LogP contribution in [-0.2, 0) is 0 Å². The second kappa shape index (κ2) is 4.42. The molecule has 0 spiro atoms. The predicted octanol–water partition coefficient (Wildman–Crippen LogP) is 3.31. The third-order valence-corrected chi connectivity index (χ3v) is 2.79. The minimum atomic E-state index is 0.329. The summed E-state index contributed by atoms with van der Waals surface area (Å²) >= 11 is 0. The lowest BCUT2D eigenvalue weighted by Crippen LogP contribution is -2.05. The van der Waals surface area contributed by atoms with Gasteiger partial charge in [-0.2, -0.15) is 10.4 Å². The average molecular weight is 225 g/mol. The molecule has 0 N–H and O–H groups in total. The predicted molar refractivity (Wildman–Crippen MR) is 67.5 cm³/mol. The zero-order chi connectivity index (χ0) is 12.4. The molecule has 0 radical (unpaired) electrons. The average Bonchev–Trinajstić information content (AvgIpc) is 2.77. The number of aromatic nitrogens is 2. The van der Waals surface area contributed by atoms with Gasteiger partial charge in [0.15, 0.2) is 0 Å². The van der Waals surface area contributed by atoms with Crippen LogP contribution in [0.3, 0.4) is 0 Å². The van der Waals surface area contributed by atoms with Crippen molar-refractivity contribution in [3.63, 3.8) is 0 Å². The van der Waals surface area contributed by atoms with E-state index in [4.69, 9.17) is 5.26 Å². The number of rotatable bonds is 2. The van der Waals surface area contributed by atoms with E-state index >= 15 is 0 Å². The van der Waals surface area contributed by atoms with E-state index in [1.54, 1.807) is 0 Å². The van der Waals surface area contributed by atoms with Crippen molar-refractivity contribution in [2.75, 3.05) is 0 Å². The zero-order valence-corrected chi connectivity index (χ0v) is 10.3. The monoisotopic (exact) mass is 225 g/mol. The maximum atomic E-state index is 8.86. The fourth-order valence-electron chi connectivity index (χ4n) is 1.96. The third kappa shape index (κ3) is 2.07. The van der Waals surface area contributed by atoms with Gasteiger partial charge in [0.05, 0.1) is 17.3 Å². The fourth-order valence-corrected chi connectivity index (χ4v) is 1.96. The van der Waals surface area contributed by atoms with Gasteiger partial charge in [0, 0.05) is 17.8 Å². The van der Waals surface area contributed by atoms with Crippen molar-refractivity contribution in [1.82, 2.24) is 9.78 Å². The first-order valence-electron chi connectivity index (χ1n) is 5.68. The van der Waals surface area contributed by atoms with E-state index in [0.29, 0.717) is 11.6 Å². The molecule has 0 saturated heterocycles. The zero-order valence-electron chi connectivity index (χ0n) is 10.3. The molecule has 0 aliphatic heterocycles. The number of nitriles is 1. The van der Waals surface area contributed by atoms with Crippen molar-refractivity contribution >= 4 is 0 Å². The first kappa shape index (κ1) is 11.4. The fraction of sp³-hybridized carbons (Fsp3) is 0.286. The van der Waals surface area contributed by atoms with E-state index < -0.39 is 0 Å². The molecular formula is C14H15N3. The Kier molecular flexibility index (Phi) is 2.97. The van der Waals surface area contributed by atoms with Crippen molar-refractivity contribution in [3.8, 4) is 17.3 Å². The minimum Gasteiger partial charge on any atom is -0.262 e. The van der Waals surface area contributed by atoms with E-state index in [9.17, 15) is 0 Å². The molecule has 0 aliphatic rings. The van der Waals surface area contributed by atoms with Gasteiger partial charge in [-0.15, -0.1) is 0 Å². The lowest BCUT2D eigenvalue weighted by molar-refractivity contribution is 0.538. The molecule has 0 bridgehead atoms. The molecule has 17 heavy (non-hydrogen) atoms. The molecule has 3 nitrogen and oxygen atoms in total. The Morgan fingerprint density at radius 2 is 2.06 bits per heavy atom. The molecule has 1 aromatic carbocycles. The number of hydrogen-bond acceptors (Lipinski definition) is 2. The summed E-state index contributed by atoms with van der Waals surface area (Å²) < 4.78 is 1.99. The van der Waals surface area contributed by atoms with Crippen LogP contribution in [0.25, 0.3) is 11.3 Å². The van der Waals surface area contributed by atoms with Crippen LogP contribution in [0.15, 0.2) is 30.5 Å². The van der Waals surface area contributed by atoms with Gasteiger partial charge in [-0.25, -0.2) is 0 Å². The van der Waals surface area contributed by atoms with E-state index in [1.807, 2.05) is 42.1 Å². The van der Waals surface area contributed by atoms with E-state index in [-0.39, 0.29) is 0 Å². The molecule has 0 amide bonds. The van der Waals surface area contributed by atoms with Crippen molar-refractivity contribution in [1.29, 1.82) is 5.26 Å². The number of aryl methyl sites for hydroxylation is 1. The SMILES string of the molecule is Cc1cc(C#N)ccc1-c1ccnn1C(C)C. The lowest BCUT2D eigenvalue weighted by atomic mass is 10.0. The summed E-state index contributed by atoms with van der Waals surface area (Å²) in [5.41, 5.74) is 4.03. The second-order valence-electron chi connectivity index (χ2n) is 4.40. The highest BCUT2D eigenvalue weighted by molar-refractivity contribution is 5.65. The third-order valence-electron chi connectivity index (χ3n) is 2.79. The van der Waals surface area contributed by atoms with Gasteiger partial charge in [-0.3, -0.25) is 4.68 Å². The van der Waals surface area contributed by atoms with Gasteiger partial charge >= 0.3 is 0 Å². The highest BCUT2D eigenvalue weighted by Crippen LogP contribution is 2.25. The normalized spacial score (nSPS) is 10.5. The van der Waals surface area contributed by atoms with Gasteiger partial charge < -0.3 is 0 Å². The first-order chi connectivity index (χ1) is 8.13. The molecule has 1 heterocycles. The van der Waals surface area contributed by atoms with E-state index in [0.717, 1.165) is 16.8 Å². The molecule has 3 heteroatoms. The molecule has 0 aliphatic carbocycles. The molecule has 0 unspecified atom stereocenters. The van der Waals surface area contributed by atoms with Gasteiger partial charge in [-0.05, 0) is 44.5 Å². The van der Waals surface area contributed by atoms with Crippen molar-refractivity contribution in [3.05, 3.63) is 41.6 Å². The summed E-state index contributed by atoms with van der Waals surface area (Å²) in [5, 5.41) is 13.2. The number of nitrogens with zero attached hydrogens (tertiary/aromatic N) is 3. The summed E-state index contributed by atoms with van der Waals surface area (Å²) in [6, 6.07) is 10.2. The van der Waals surface area contributed by atoms with Crippen molar-refractivity contribution in [2.24, 2.45) is 0 Å². The summed E-state index contributed by atoms with van der Waals surface area (Å²) in [6.45, 7) is 6.23. The first-order valence-corrected chi connectivity index (χ1v) is 5.68. The standard InChI is InChI=1S/C14H15N3/c1-10(2)17-14(6-7-16-17)13-5-4-12(9-15)8-11(13)3/h4-8,10H,1-3H3. The molecule has 0 saturated carbocycles. The lowest BCUT2D eigenvalue weighted by Gasteiger charge is -2.12. The molecule has 2 rings (SSSR count). The van der Waals surface area contributed by atoms with Crippen LogP contribution < -0.4 is 0 Å². The van der Waals surface area contributed by atoms with Crippen molar-refractivity contribution < 1.29 is 0 Å². The van der Waals surface area contributed by atoms with Crippen LogP contribution >= 0.6 is 0 Å². The largest absolute Gasteiger partial charge is 0.262 e. The molecule has 86 valence electrons. The minimum absolute atomic E-state index is 0.329. The second-order valence-corrected chi connectivity index (χ2v) is 4.40. The summed E-state index contributed by atoms with van der Waals surface area (Å²) in [6.07, 6.45) is 1.81. The van der Waals surface area contributed by atoms with Crippen LogP contribution in [0.2, 0.25) is 0 Å². The number of benzene rings is 1. The molecule has 1 aromatic heterocycles. The van der Waals surface area contributed by atoms with Crippen LogP contribution in [0.5, 0.6) is 0 Å². The smallest absolute Gasteiger partial charge is 0.0991 e. The van der Waals surface area contributed by atoms with Gasteiger partial charge in [0.2, 0.25) is 0 Å². The molecule has 0 fully saturated rings. The highest BCUT2D eigenvalue weighted by atomic mass is 15.3. The van der Waals surface area contributed by atoms with Crippen LogP contribution in [0.1, 0.15) is 31.0 Å². The van der Waals surface area contributed by atoms with E-state index in [2.05, 4.69) is 25.0 Å². The topological polar surface area (TPSA) is 41.6 Å². The van der Waals surface area contributed by atoms with Gasteiger partial charge in [0.1, 0.15) is 0 Å². The summed E-state index contributed by atoms with van der Waals surface area (Å²) in [7, 11) is 0. The molecule has 2 aromatic rings.